The summed E-state index contributed by atoms with van der Waals surface area (Å²) < 4.78 is 0. The maximum Gasteiger partial charge on any atom is 0.176 e. The third-order valence-corrected chi connectivity index (χ3v) is 3.87. The Balaban J connectivity index is 1.88. The Kier molecular flexibility index (Phi) is 5.29. The van der Waals surface area contributed by atoms with Gasteiger partial charge in [-0.25, -0.2) is 0 Å². The standard InChI is InChI=1S/C19H23NO/c1-15-9-10-18(13-16(15)2)19(21)14-20(3)12-11-17-7-5-4-6-8-17/h4-10,13H,11-12,14H2,1-3H3. The van der Waals surface area contributed by atoms with Gasteiger partial charge in [-0.2, -0.15) is 0 Å². The van der Waals surface area contributed by atoms with Crippen LogP contribution in [0, 0.1) is 13.8 Å². The summed E-state index contributed by atoms with van der Waals surface area (Å²) >= 11 is 0. The Labute approximate surface area is 127 Å². The van der Waals surface area contributed by atoms with E-state index in [1.807, 2.05) is 38.2 Å². The van der Waals surface area contributed by atoms with Gasteiger partial charge in [0.2, 0.25) is 0 Å². The minimum absolute atomic E-state index is 0.189. The van der Waals surface area contributed by atoms with Crippen molar-refractivity contribution in [2.75, 3.05) is 20.1 Å². The molecule has 0 heterocycles. The van der Waals surface area contributed by atoms with E-state index >= 15 is 0 Å². The van der Waals surface area contributed by atoms with E-state index in [1.54, 1.807) is 0 Å². The third kappa shape index (κ3) is 4.54. The van der Waals surface area contributed by atoms with Gasteiger partial charge in [0.15, 0.2) is 5.78 Å². The van der Waals surface area contributed by atoms with Crippen LogP contribution in [0.25, 0.3) is 0 Å². The molecule has 0 aliphatic heterocycles. The van der Waals surface area contributed by atoms with Gasteiger partial charge in [0, 0.05) is 12.1 Å². The number of Topliss-reactive ketones (excluding diaryl/α,β-unsaturated/α-hetero) is 1. The summed E-state index contributed by atoms with van der Waals surface area (Å²) in [5.74, 6) is 0.189. The molecule has 0 radical (unpaired) electrons. The van der Waals surface area contributed by atoms with Crippen LogP contribution in [0.15, 0.2) is 48.5 Å². The summed E-state index contributed by atoms with van der Waals surface area (Å²) in [6, 6.07) is 16.3. The third-order valence-electron chi connectivity index (χ3n) is 3.87. The first-order chi connectivity index (χ1) is 10.1. The Morgan fingerprint density at radius 1 is 1.00 bits per heavy atom. The topological polar surface area (TPSA) is 20.3 Å². The van der Waals surface area contributed by atoms with Crippen LogP contribution in [0.3, 0.4) is 0 Å². The number of hydrogen-bond donors (Lipinski definition) is 0. The molecule has 0 saturated heterocycles. The normalized spacial score (nSPS) is 10.9. The van der Waals surface area contributed by atoms with Crippen LogP contribution >= 0.6 is 0 Å². The first-order valence-electron chi connectivity index (χ1n) is 7.39. The second-order valence-corrected chi connectivity index (χ2v) is 5.70. The maximum absolute atomic E-state index is 12.3. The molecular formula is C19H23NO. The minimum atomic E-state index is 0.189. The Bertz CT molecular complexity index is 604. The summed E-state index contributed by atoms with van der Waals surface area (Å²) in [4.78, 5) is 14.4. The van der Waals surface area contributed by atoms with E-state index in [4.69, 9.17) is 0 Å². The highest BCUT2D eigenvalue weighted by Gasteiger charge is 2.10. The fourth-order valence-corrected chi connectivity index (χ4v) is 2.29. The molecule has 2 heteroatoms. The zero-order chi connectivity index (χ0) is 15.2. The molecule has 2 aromatic carbocycles. The number of hydrogen-bond acceptors (Lipinski definition) is 2. The Morgan fingerprint density at radius 2 is 1.71 bits per heavy atom. The van der Waals surface area contributed by atoms with Gasteiger partial charge in [-0.05, 0) is 50.1 Å². The minimum Gasteiger partial charge on any atom is -0.299 e. The quantitative estimate of drug-likeness (QED) is 0.753. The predicted molar refractivity (Wildman–Crippen MR) is 87.9 cm³/mol. The molecule has 0 atom stereocenters. The highest BCUT2D eigenvalue weighted by Crippen LogP contribution is 2.11. The smallest absolute Gasteiger partial charge is 0.176 e. The number of carbonyl (C=O) groups is 1. The van der Waals surface area contributed by atoms with Gasteiger partial charge in [-0.3, -0.25) is 9.69 Å². The Morgan fingerprint density at radius 3 is 2.38 bits per heavy atom. The lowest BCUT2D eigenvalue weighted by Gasteiger charge is -2.16. The van der Waals surface area contributed by atoms with Crippen LogP contribution in [-0.2, 0) is 6.42 Å². The van der Waals surface area contributed by atoms with Crippen LogP contribution < -0.4 is 0 Å². The molecule has 0 aromatic heterocycles. The van der Waals surface area contributed by atoms with E-state index in [0.29, 0.717) is 6.54 Å². The van der Waals surface area contributed by atoms with Crippen LogP contribution in [0.1, 0.15) is 27.0 Å². The summed E-state index contributed by atoms with van der Waals surface area (Å²) in [6.45, 7) is 5.47. The zero-order valence-corrected chi connectivity index (χ0v) is 13.1. The van der Waals surface area contributed by atoms with Crippen molar-refractivity contribution in [2.24, 2.45) is 0 Å². The van der Waals surface area contributed by atoms with Crippen molar-refractivity contribution in [2.45, 2.75) is 20.3 Å². The molecule has 0 fully saturated rings. The number of rotatable bonds is 6. The van der Waals surface area contributed by atoms with Gasteiger partial charge in [-0.1, -0.05) is 42.5 Å². The number of nitrogens with zero attached hydrogens (tertiary/aromatic N) is 1. The van der Waals surface area contributed by atoms with Gasteiger partial charge in [0.25, 0.3) is 0 Å². The molecule has 0 unspecified atom stereocenters. The van der Waals surface area contributed by atoms with Crippen LogP contribution in [0.2, 0.25) is 0 Å². The second-order valence-electron chi connectivity index (χ2n) is 5.70. The van der Waals surface area contributed by atoms with Gasteiger partial charge in [-0.15, -0.1) is 0 Å². The molecule has 2 nitrogen and oxygen atoms in total. The van der Waals surface area contributed by atoms with Crippen LogP contribution in [0.4, 0.5) is 0 Å². The number of likely N-dealkylation sites (N-methyl/N-ethyl adjacent to an activating group) is 1. The van der Waals surface area contributed by atoms with Crippen molar-refractivity contribution in [3.05, 3.63) is 70.8 Å². The molecule has 2 rings (SSSR count). The molecule has 0 amide bonds. The molecule has 21 heavy (non-hydrogen) atoms. The van der Waals surface area contributed by atoms with E-state index in [1.165, 1.54) is 16.7 Å². The largest absolute Gasteiger partial charge is 0.299 e. The Hall–Kier alpha value is -1.93. The van der Waals surface area contributed by atoms with Gasteiger partial charge in [0.05, 0.1) is 6.54 Å². The molecule has 0 aliphatic rings. The van der Waals surface area contributed by atoms with E-state index in [2.05, 4.69) is 36.1 Å². The SMILES string of the molecule is Cc1ccc(C(=O)CN(C)CCc2ccccc2)cc1C. The number of ketones is 1. The van der Waals surface area contributed by atoms with E-state index in [9.17, 15) is 4.79 Å². The van der Waals surface area contributed by atoms with E-state index < -0.39 is 0 Å². The molecular weight excluding hydrogens is 258 g/mol. The monoisotopic (exact) mass is 281 g/mol. The summed E-state index contributed by atoms with van der Waals surface area (Å²) in [7, 11) is 2.00. The summed E-state index contributed by atoms with van der Waals surface area (Å²) in [5.41, 5.74) is 4.52. The van der Waals surface area contributed by atoms with Crippen molar-refractivity contribution < 1.29 is 4.79 Å². The first-order valence-corrected chi connectivity index (χ1v) is 7.39. The maximum atomic E-state index is 12.3. The van der Waals surface area contributed by atoms with Crippen LogP contribution in [0.5, 0.6) is 0 Å². The average molecular weight is 281 g/mol. The number of benzene rings is 2. The van der Waals surface area contributed by atoms with Crippen molar-refractivity contribution >= 4 is 5.78 Å². The highest BCUT2D eigenvalue weighted by atomic mass is 16.1. The van der Waals surface area contributed by atoms with Crippen molar-refractivity contribution in [1.82, 2.24) is 4.90 Å². The summed E-state index contributed by atoms with van der Waals surface area (Å²) in [6.07, 6.45) is 0.970. The second kappa shape index (κ2) is 7.19. The lowest BCUT2D eigenvalue weighted by molar-refractivity contribution is 0.0947. The summed E-state index contributed by atoms with van der Waals surface area (Å²) in [5, 5.41) is 0. The zero-order valence-electron chi connectivity index (χ0n) is 13.1. The molecule has 110 valence electrons. The molecule has 0 aliphatic carbocycles. The molecule has 0 spiro atoms. The average Bonchev–Trinajstić information content (AvgIpc) is 2.49. The van der Waals surface area contributed by atoms with E-state index in [-0.39, 0.29) is 5.78 Å². The van der Waals surface area contributed by atoms with Gasteiger partial charge in [0.1, 0.15) is 0 Å². The van der Waals surface area contributed by atoms with Gasteiger partial charge >= 0.3 is 0 Å². The number of aryl methyl sites for hydroxylation is 2. The fraction of sp³-hybridized carbons (Fsp3) is 0.316. The molecule has 2 aromatic rings. The van der Waals surface area contributed by atoms with Crippen molar-refractivity contribution in [3.63, 3.8) is 0 Å². The predicted octanol–water partition coefficient (Wildman–Crippen LogP) is 3.66. The molecule has 0 saturated carbocycles. The van der Waals surface area contributed by atoms with Crippen molar-refractivity contribution in [3.8, 4) is 0 Å². The highest BCUT2D eigenvalue weighted by molar-refractivity contribution is 5.97. The fourth-order valence-electron chi connectivity index (χ4n) is 2.29. The van der Waals surface area contributed by atoms with Crippen molar-refractivity contribution in [1.29, 1.82) is 0 Å². The lowest BCUT2D eigenvalue weighted by atomic mass is 10.0. The van der Waals surface area contributed by atoms with Gasteiger partial charge < -0.3 is 0 Å². The lowest BCUT2D eigenvalue weighted by Crippen LogP contribution is -2.28. The first kappa shape index (κ1) is 15.5. The van der Waals surface area contributed by atoms with Crippen LogP contribution in [-0.4, -0.2) is 30.8 Å². The molecule has 0 N–H and O–H groups in total. The molecule has 0 bridgehead atoms. The number of carbonyl (C=O) groups excluding carboxylic acids is 1. The van der Waals surface area contributed by atoms with E-state index in [0.717, 1.165) is 18.5 Å².